The van der Waals surface area contributed by atoms with Gasteiger partial charge < -0.3 is 40.8 Å². The second-order valence-corrected chi connectivity index (χ2v) is 17.7. The Balaban J connectivity index is 0.945. The molecule has 11 heteroatoms. The van der Waals surface area contributed by atoms with Crippen LogP contribution in [0.2, 0.25) is 0 Å². The second kappa shape index (κ2) is 23.4. The van der Waals surface area contributed by atoms with Crippen LogP contribution in [0.15, 0.2) is 17.1 Å². The smallest absolute Gasteiger partial charge is 0.316 e. The Morgan fingerprint density at radius 3 is 2.23 bits per heavy atom. The summed E-state index contributed by atoms with van der Waals surface area (Å²) in [6.45, 7) is 7.68. The van der Waals surface area contributed by atoms with Crippen LogP contribution in [0.3, 0.4) is 0 Å². The first-order valence-electron chi connectivity index (χ1n) is 23.4. The average molecular weight is 785 g/mol. The molecular weight excluding hydrogens is 705 g/mol. The fraction of sp³-hybridized carbons (Fsp3) is 0.889. The highest BCUT2D eigenvalue weighted by Gasteiger charge is 2.62. The SMILES string of the molecule is CC[C@H]1C=CCC[C@@]2(C[C@@H]3CC[C@@H]4[C@H](C(=O)OCCCCCCCCCCCCCCCC(=O)N(CCCN)CCCCN)[C@]5(CCC[C@@H](C)O5)N=C(N2)N34)O1. The maximum Gasteiger partial charge on any atom is 0.316 e. The largest absolute Gasteiger partial charge is 0.465 e. The number of hydrogen-bond donors (Lipinski definition) is 3. The lowest BCUT2D eigenvalue weighted by Gasteiger charge is -2.55. The van der Waals surface area contributed by atoms with E-state index < -0.39 is 17.4 Å². The van der Waals surface area contributed by atoms with E-state index in [9.17, 15) is 9.59 Å². The van der Waals surface area contributed by atoms with Crippen LogP contribution in [0.1, 0.15) is 181 Å². The molecule has 2 spiro atoms. The summed E-state index contributed by atoms with van der Waals surface area (Å²) < 4.78 is 19.6. The van der Waals surface area contributed by atoms with E-state index in [0.717, 1.165) is 122 Å². The zero-order valence-corrected chi connectivity index (χ0v) is 35.5. The number of ether oxygens (including phenoxy) is 3. The van der Waals surface area contributed by atoms with Crippen LogP contribution in [0, 0.1) is 5.92 Å². The summed E-state index contributed by atoms with van der Waals surface area (Å²) in [5, 5.41) is 3.80. The number of nitrogens with zero attached hydrogens (tertiary/aromatic N) is 3. The van der Waals surface area contributed by atoms with E-state index in [1.54, 1.807) is 0 Å². The summed E-state index contributed by atoms with van der Waals surface area (Å²) in [5.41, 5.74) is 9.99. The van der Waals surface area contributed by atoms with E-state index >= 15 is 0 Å². The minimum Gasteiger partial charge on any atom is -0.465 e. The Morgan fingerprint density at radius 2 is 1.55 bits per heavy atom. The number of rotatable bonds is 25. The number of aliphatic imine (C=N–C) groups is 1. The molecule has 1 amide bonds. The third-order valence-corrected chi connectivity index (χ3v) is 13.2. The molecular formula is C45H80N6O5. The molecule has 5 N–H and O–H groups in total. The fourth-order valence-electron chi connectivity index (χ4n) is 10.1. The van der Waals surface area contributed by atoms with Gasteiger partial charge in [0, 0.05) is 32.0 Å². The van der Waals surface area contributed by atoms with Crippen molar-refractivity contribution >= 4 is 17.8 Å². The van der Waals surface area contributed by atoms with Crippen molar-refractivity contribution in [2.45, 2.75) is 217 Å². The number of amides is 1. The van der Waals surface area contributed by atoms with E-state index in [2.05, 4.69) is 36.2 Å². The third kappa shape index (κ3) is 12.6. The molecule has 3 fully saturated rings. The van der Waals surface area contributed by atoms with Crippen LogP contribution < -0.4 is 16.8 Å². The summed E-state index contributed by atoms with van der Waals surface area (Å²) in [4.78, 5) is 36.5. The van der Waals surface area contributed by atoms with Gasteiger partial charge in [0.05, 0.1) is 24.9 Å². The predicted octanol–water partition coefficient (Wildman–Crippen LogP) is 7.85. The number of nitrogens with two attached hydrogens (primary N) is 2. The highest BCUT2D eigenvalue weighted by Crippen LogP contribution is 2.50. The Kier molecular flexibility index (Phi) is 18.8. The van der Waals surface area contributed by atoms with Crippen LogP contribution in [0.5, 0.6) is 0 Å². The maximum atomic E-state index is 14.0. The van der Waals surface area contributed by atoms with Crippen molar-refractivity contribution in [3.8, 4) is 0 Å². The van der Waals surface area contributed by atoms with Crippen LogP contribution >= 0.6 is 0 Å². The first-order chi connectivity index (χ1) is 27.3. The van der Waals surface area contributed by atoms with Gasteiger partial charge in [-0.05, 0) is 103 Å². The Morgan fingerprint density at radius 1 is 0.875 bits per heavy atom. The lowest BCUT2D eigenvalue weighted by molar-refractivity contribution is -0.194. The molecule has 5 aliphatic heterocycles. The first-order valence-corrected chi connectivity index (χ1v) is 23.4. The van der Waals surface area contributed by atoms with E-state index in [4.69, 9.17) is 30.7 Å². The monoisotopic (exact) mass is 785 g/mol. The molecule has 0 unspecified atom stereocenters. The van der Waals surface area contributed by atoms with Gasteiger partial charge >= 0.3 is 5.97 Å². The molecule has 0 bridgehead atoms. The quantitative estimate of drug-likeness (QED) is 0.0479. The molecule has 0 aromatic rings. The second-order valence-electron chi connectivity index (χ2n) is 17.7. The molecule has 56 heavy (non-hydrogen) atoms. The number of unbranched alkanes of at least 4 members (excludes halogenated alkanes) is 13. The van der Waals surface area contributed by atoms with Crippen LogP contribution in [0.25, 0.3) is 0 Å². The van der Waals surface area contributed by atoms with Crippen molar-refractivity contribution < 1.29 is 23.8 Å². The molecule has 0 radical (unpaired) electrons. The standard InChI is InChI=1S/C45H80N6O5/c1-3-38-24-16-17-28-44(56-38)35-37-26-27-39-41(45(29-21-23-36(2)55-45)49-43(48-44)51(37)39)42(53)54-34-20-14-12-10-8-6-4-5-7-9-11-13-15-25-40(52)50(33-22-31-47)32-19-18-30-46/h16,24,36-39,41H,3-15,17-23,25-35,46-47H2,1-2H3,(H,48,49)/t36-,37+,38+,39-,41-,44+,45-/m1/s1. The summed E-state index contributed by atoms with van der Waals surface area (Å²) in [5.74, 6) is 0.626. The van der Waals surface area contributed by atoms with Gasteiger partial charge in [-0.1, -0.05) is 89.7 Å². The number of hydrogen-bond acceptors (Lipinski definition) is 10. The minimum atomic E-state index is -0.878. The molecule has 5 rings (SSSR count). The molecule has 5 aliphatic rings. The lowest BCUT2D eigenvalue weighted by Crippen LogP contribution is -2.71. The van der Waals surface area contributed by atoms with Crippen molar-refractivity contribution in [2.75, 3.05) is 32.8 Å². The number of allylic oxidation sites excluding steroid dienone is 1. The molecule has 7 atom stereocenters. The minimum absolute atomic E-state index is 0.0385. The van der Waals surface area contributed by atoms with Crippen LogP contribution in [-0.2, 0) is 23.8 Å². The van der Waals surface area contributed by atoms with Gasteiger partial charge in [-0.3, -0.25) is 9.59 Å². The number of esters is 1. The van der Waals surface area contributed by atoms with Crippen molar-refractivity contribution in [3.63, 3.8) is 0 Å². The normalized spacial score (nSPS) is 29.5. The lowest BCUT2D eigenvalue weighted by atomic mass is 9.80. The Labute approximate surface area is 339 Å². The van der Waals surface area contributed by atoms with Gasteiger partial charge in [-0.25, -0.2) is 4.99 Å². The van der Waals surface area contributed by atoms with Gasteiger partial charge in [0.1, 0.15) is 11.6 Å². The molecule has 0 saturated carbocycles. The van der Waals surface area contributed by atoms with Gasteiger partial charge in [-0.15, -0.1) is 0 Å². The summed E-state index contributed by atoms with van der Waals surface area (Å²) in [6.07, 6.45) is 32.2. The predicted molar refractivity (Wildman–Crippen MR) is 225 cm³/mol. The average Bonchev–Trinajstić information content (AvgIpc) is 3.49. The van der Waals surface area contributed by atoms with Crippen molar-refractivity contribution in [2.24, 2.45) is 22.4 Å². The van der Waals surface area contributed by atoms with E-state index in [-0.39, 0.29) is 30.1 Å². The zero-order valence-electron chi connectivity index (χ0n) is 35.5. The fourth-order valence-corrected chi connectivity index (χ4v) is 10.1. The molecule has 0 aromatic carbocycles. The maximum absolute atomic E-state index is 14.0. The number of guanidine groups is 1. The topological polar surface area (TPSA) is 145 Å². The van der Waals surface area contributed by atoms with Gasteiger partial charge in [-0.2, -0.15) is 0 Å². The molecule has 5 heterocycles. The van der Waals surface area contributed by atoms with E-state index in [0.29, 0.717) is 32.2 Å². The highest BCUT2D eigenvalue weighted by molar-refractivity contribution is 5.87. The number of carbonyl (C=O) groups is 2. The summed E-state index contributed by atoms with van der Waals surface area (Å²) in [6, 6.07) is 0.342. The molecule has 3 saturated heterocycles. The van der Waals surface area contributed by atoms with Crippen molar-refractivity contribution in [1.29, 1.82) is 0 Å². The van der Waals surface area contributed by atoms with Gasteiger partial charge in [0.15, 0.2) is 11.7 Å². The highest BCUT2D eigenvalue weighted by atomic mass is 16.6. The van der Waals surface area contributed by atoms with Crippen LogP contribution in [0.4, 0.5) is 0 Å². The van der Waals surface area contributed by atoms with E-state index in [1.165, 1.54) is 57.8 Å². The van der Waals surface area contributed by atoms with Crippen molar-refractivity contribution in [3.05, 3.63) is 12.2 Å². The molecule has 320 valence electrons. The number of carbonyl (C=O) groups excluding carboxylic acids is 2. The van der Waals surface area contributed by atoms with Crippen molar-refractivity contribution in [1.82, 2.24) is 15.1 Å². The first kappa shape index (κ1) is 44.9. The Bertz CT molecular complexity index is 1250. The number of nitrogens with one attached hydrogen (secondary N) is 1. The van der Waals surface area contributed by atoms with Crippen LogP contribution in [-0.4, -0.2) is 96.2 Å². The van der Waals surface area contributed by atoms with E-state index in [1.807, 2.05) is 4.90 Å². The third-order valence-electron chi connectivity index (χ3n) is 13.2. The molecule has 11 nitrogen and oxygen atoms in total. The van der Waals surface area contributed by atoms with Gasteiger partial charge in [0.2, 0.25) is 5.91 Å². The Hall–Kier alpha value is -2.21. The van der Waals surface area contributed by atoms with Gasteiger partial charge in [0.25, 0.3) is 0 Å². The molecule has 0 aromatic heterocycles. The molecule has 0 aliphatic carbocycles. The summed E-state index contributed by atoms with van der Waals surface area (Å²) in [7, 11) is 0. The summed E-state index contributed by atoms with van der Waals surface area (Å²) >= 11 is 0. The zero-order chi connectivity index (χ0) is 39.6.